The number of hydrogen-bond donors (Lipinski definition) is 1. The van der Waals surface area contributed by atoms with Crippen molar-refractivity contribution in [1.82, 2.24) is 23.8 Å². The maximum absolute atomic E-state index is 12.2. The number of nitrogens with zero attached hydrogens (tertiary/aromatic N) is 6. The average Bonchev–Trinajstić information content (AvgIpc) is 3.55. The number of aliphatic hydroxyl groups is 1. The highest BCUT2D eigenvalue weighted by Crippen LogP contribution is 2.37. The zero-order valence-corrected chi connectivity index (χ0v) is 23.4. The molecule has 1 fully saturated rings. The molecule has 1 aliphatic rings. The van der Waals surface area contributed by atoms with Crippen molar-refractivity contribution in [3.63, 3.8) is 0 Å². The Bertz CT molecular complexity index is 1820. The molecule has 3 aromatic heterocycles. The van der Waals surface area contributed by atoms with E-state index in [9.17, 15) is 15.2 Å². The van der Waals surface area contributed by atoms with Gasteiger partial charge < -0.3 is 19.2 Å². The number of oxazole rings is 1. The topological polar surface area (TPSA) is 122 Å². The van der Waals surface area contributed by atoms with Crippen LogP contribution in [0.2, 0.25) is 0 Å². The SMILES string of the molecule is Cn1c(=O)oc2cc(-c3c(-c4ccc(C#N)cc4)nc(OC[C@@H]4CCCN(CC(C)(C)O)C4)n4ccnc34)ccc21. The molecule has 6 rings (SSSR count). The highest BCUT2D eigenvalue weighted by Gasteiger charge is 2.26. The third-order valence-corrected chi connectivity index (χ3v) is 7.54. The van der Waals surface area contributed by atoms with Gasteiger partial charge in [0.25, 0.3) is 0 Å². The average molecular weight is 553 g/mol. The molecule has 0 radical (unpaired) electrons. The van der Waals surface area contributed by atoms with Crippen LogP contribution in [-0.2, 0) is 7.05 Å². The van der Waals surface area contributed by atoms with Gasteiger partial charge in [-0.25, -0.2) is 9.78 Å². The van der Waals surface area contributed by atoms with Crippen molar-refractivity contribution in [3.8, 4) is 34.5 Å². The van der Waals surface area contributed by atoms with Crippen LogP contribution in [0.4, 0.5) is 0 Å². The zero-order valence-electron chi connectivity index (χ0n) is 23.4. The molecule has 210 valence electrons. The lowest BCUT2D eigenvalue weighted by molar-refractivity contribution is 0.0162. The van der Waals surface area contributed by atoms with Crippen molar-refractivity contribution >= 4 is 16.7 Å². The molecular weight excluding hydrogens is 520 g/mol. The molecule has 1 atom stereocenters. The van der Waals surface area contributed by atoms with Crippen LogP contribution in [-0.4, -0.2) is 60.8 Å². The molecule has 0 unspecified atom stereocenters. The molecule has 1 N–H and O–H groups in total. The fraction of sp³-hybridized carbons (Fsp3) is 0.355. The second kappa shape index (κ2) is 10.5. The van der Waals surface area contributed by atoms with Crippen LogP contribution in [0, 0.1) is 17.2 Å². The summed E-state index contributed by atoms with van der Waals surface area (Å²) in [6.07, 6.45) is 5.62. The fourth-order valence-electron chi connectivity index (χ4n) is 5.69. The predicted octanol–water partition coefficient (Wildman–Crippen LogP) is 4.24. The molecule has 5 aromatic rings. The first-order chi connectivity index (χ1) is 19.7. The summed E-state index contributed by atoms with van der Waals surface area (Å²) in [4.78, 5) is 24.1. The molecule has 0 aliphatic carbocycles. The lowest BCUT2D eigenvalue weighted by Gasteiger charge is -2.35. The van der Waals surface area contributed by atoms with Gasteiger partial charge in [0.2, 0.25) is 0 Å². The molecule has 41 heavy (non-hydrogen) atoms. The first-order valence-corrected chi connectivity index (χ1v) is 13.8. The van der Waals surface area contributed by atoms with Gasteiger partial charge in [-0.05, 0) is 63.1 Å². The number of piperidine rings is 1. The van der Waals surface area contributed by atoms with E-state index in [0.29, 0.717) is 53.1 Å². The van der Waals surface area contributed by atoms with Gasteiger partial charge in [0, 0.05) is 44.0 Å². The summed E-state index contributed by atoms with van der Waals surface area (Å²) in [5.41, 5.74) is 4.62. The first kappa shape index (κ1) is 26.7. The van der Waals surface area contributed by atoms with Crippen LogP contribution in [0.25, 0.3) is 39.1 Å². The number of rotatable bonds is 7. The van der Waals surface area contributed by atoms with E-state index in [-0.39, 0.29) is 0 Å². The number of benzene rings is 2. The Morgan fingerprint density at radius 3 is 2.73 bits per heavy atom. The molecule has 0 bridgehead atoms. The number of imidazole rings is 1. The van der Waals surface area contributed by atoms with Gasteiger partial charge in [0.05, 0.1) is 40.6 Å². The third-order valence-electron chi connectivity index (χ3n) is 7.54. The van der Waals surface area contributed by atoms with Crippen molar-refractivity contribution in [2.24, 2.45) is 13.0 Å². The fourth-order valence-corrected chi connectivity index (χ4v) is 5.69. The van der Waals surface area contributed by atoms with E-state index in [1.807, 2.05) is 54.8 Å². The van der Waals surface area contributed by atoms with Gasteiger partial charge in [-0.1, -0.05) is 18.2 Å². The first-order valence-electron chi connectivity index (χ1n) is 13.8. The molecule has 0 spiro atoms. The number of fused-ring (bicyclic) bond motifs is 2. The summed E-state index contributed by atoms with van der Waals surface area (Å²) in [6.45, 7) is 6.59. The Morgan fingerprint density at radius 2 is 1.98 bits per heavy atom. The van der Waals surface area contributed by atoms with Crippen molar-refractivity contribution in [3.05, 3.63) is 71.0 Å². The largest absolute Gasteiger partial charge is 0.464 e. The summed E-state index contributed by atoms with van der Waals surface area (Å²) in [5, 5.41) is 19.6. The Kier molecular flexibility index (Phi) is 6.85. The quantitative estimate of drug-likeness (QED) is 0.318. The van der Waals surface area contributed by atoms with E-state index in [0.717, 1.165) is 42.6 Å². The third kappa shape index (κ3) is 5.34. The molecule has 0 amide bonds. The van der Waals surface area contributed by atoms with Crippen LogP contribution < -0.4 is 10.5 Å². The van der Waals surface area contributed by atoms with Gasteiger partial charge in [-0.2, -0.15) is 10.2 Å². The monoisotopic (exact) mass is 552 g/mol. The van der Waals surface area contributed by atoms with Crippen LogP contribution in [0.3, 0.4) is 0 Å². The second-order valence-electron chi connectivity index (χ2n) is 11.4. The smallest absolute Gasteiger partial charge is 0.419 e. The minimum absolute atomic E-state index is 0.299. The van der Waals surface area contributed by atoms with E-state index in [2.05, 4.69) is 16.0 Å². The van der Waals surface area contributed by atoms with E-state index in [4.69, 9.17) is 14.1 Å². The number of likely N-dealkylation sites (tertiary alicyclic amines) is 1. The highest BCUT2D eigenvalue weighted by atomic mass is 16.5. The van der Waals surface area contributed by atoms with Crippen molar-refractivity contribution in [2.75, 3.05) is 26.2 Å². The summed E-state index contributed by atoms with van der Waals surface area (Å²) in [5.74, 6) is -0.131. The van der Waals surface area contributed by atoms with Crippen molar-refractivity contribution in [2.45, 2.75) is 32.3 Å². The van der Waals surface area contributed by atoms with Gasteiger partial charge in [0.1, 0.15) is 0 Å². The van der Waals surface area contributed by atoms with Gasteiger partial charge in [-0.3, -0.25) is 8.97 Å². The van der Waals surface area contributed by atoms with Crippen molar-refractivity contribution < 1.29 is 14.3 Å². The standard InChI is InChI=1S/C31H32N6O4/c1-31(2,39)19-36-13-4-5-21(17-36)18-40-29-34-27(22-8-6-20(16-32)7-9-22)26(28-33-12-14-37(28)29)23-10-11-24-25(15-23)41-30(38)35(24)3/h6-12,14-15,21,39H,4-5,13,17-19H2,1-3H3/t21-/m1/s1. The lowest BCUT2D eigenvalue weighted by Crippen LogP contribution is -2.45. The number of hydrogen-bond acceptors (Lipinski definition) is 8. The van der Waals surface area contributed by atoms with Crippen LogP contribution in [0.5, 0.6) is 6.01 Å². The molecule has 1 aliphatic heterocycles. The molecule has 1 saturated heterocycles. The highest BCUT2D eigenvalue weighted by molar-refractivity contribution is 5.93. The maximum atomic E-state index is 12.2. The maximum Gasteiger partial charge on any atom is 0.419 e. The molecular formula is C31H32N6O4. The summed E-state index contributed by atoms with van der Waals surface area (Å²) in [6, 6.07) is 15.4. The molecule has 0 saturated carbocycles. The normalized spacial score (nSPS) is 16.3. The minimum Gasteiger partial charge on any atom is -0.464 e. The van der Waals surface area contributed by atoms with Crippen LogP contribution in [0.1, 0.15) is 32.3 Å². The number of β-amino-alcohol motifs (C(OH)–C–C–N with tert-alkyl or cyclic N) is 1. The summed E-state index contributed by atoms with van der Waals surface area (Å²) >= 11 is 0. The number of aromatic nitrogens is 4. The minimum atomic E-state index is -0.746. The van der Waals surface area contributed by atoms with Gasteiger partial charge >= 0.3 is 11.8 Å². The zero-order chi connectivity index (χ0) is 28.7. The number of ether oxygens (including phenoxy) is 1. The van der Waals surface area contributed by atoms with Crippen LogP contribution >= 0.6 is 0 Å². The number of nitriles is 1. The van der Waals surface area contributed by atoms with E-state index < -0.39 is 11.4 Å². The Balaban J connectivity index is 1.41. The Labute approximate surface area is 237 Å². The Hall–Kier alpha value is -4.46. The summed E-state index contributed by atoms with van der Waals surface area (Å²) in [7, 11) is 1.67. The molecule has 10 nitrogen and oxygen atoms in total. The van der Waals surface area contributed by atoms with Gasteiger partial charge in [-0.15, -0.1) is 0 Å². The van der Waals surface area contributed by atoms with Crippen molar-refractivity contribution in [1.29, 1.82) is 5.26 Å². The van der Waals surface area contributed by atoms with Gasteiger partial charge in [0.15, 0.2) is 11.2 Å². The number of aryl methyl sites for hydroxylation is 1. The second-order valence-corrected chi connectivity index (χ2v) is 11.4. The summed E-state index contributed by atoms with van der Waals surface area (Å²) < 4.78 is 15.2. The van der Waals surface area contributed by atoms with E-state index in [1.54, 1.807) is 25.4 Å². The molecule has 2 aromatic carbocycles. The molecule has 4 heterocycles. The lowest BCUT2D eigenvalue weighted by atomic mass is 9.97. The van der Waals surface area contributed by atoms with E-state index >= 15 is 0 Å². The van der Waals surface area contributed by atoms with E-state index in [1.165, 1.54) is 4.57 Å². The predicted molar refractivity (Wildman–Crippen MR) is 155 cm³/mol. The van der Waals surface area contributed by atoms with Crippen LogP contribution in [0.15, 0.2) is 64.1 Å². The Morgan fingerprint density at radius 1 is 1.20 bits per heavy atom. The molecule has 10 heteroatoms.